The number of hydrogen-bond donors (Lipinski definition) is 0. The summed E-state index contributed by atoms with van der Waals surface area (Å²) in [5.74, 6) is 0.888. The average molecular weight is 441 g/mol. The summed E-state index contributed by atoms with van der Waals surface area (Å²) in [6.07, 6.45) is 0. The first-order valence-corrected chi connectivity index (χ1v) is 11.7. The van der Waals surface area contributed by atoms with Gasteiger partial charge in [0.1, 0.15) is 72.2 Å². The molecular formula is C24H26B7FO2. The van der Waals surface area contributed by atoms with Crippen molar-refractivity contribution in [1.29, 1.82) is 0 Å². The Morgan fingerprint density at radius 3 is 1.44 bits per heavy atom. The second-order valence-electron chi connectivity index (χ2n) is 9.20. The molecule has 0 N–H and O–H groups in total. The molecule has 34 heavy (non-hydrogen) atoms. The van der Waals surface area contributed by atoms with Crippen molar-refractivity contribution in [3.8, 4) is 33.8 Å². The van der Waals surface area contributed by atoms with Crippen LogP contribution < -0.4 is 47.7 Å². The summed E-state index contributed by atoms with van der Waals surface area (Å²) in [4.78, 5) is 0. The molecule has 162 valence electrons. The lowest BCUT2D eigenvalue weighted by atomic mass is 9.58. The molecule has 0 unspecified atom stereocenters. The SMILES string of the molecule is Bc1c(B)c(B)c2c(-c3cccc(-c4c(OC)cccc4OC)c3F)c(B)c(B)c(B)c2c1B. The van der Waals surface area contributed by atoms with E-state index in [2.05, 4.69) is 54.9 Å². The van der Waals surface area contributed by atoms with Crippen LogP contribution in [0.5, 0.6) is 11.5 Å². The number of hydrogen-bond acceptors (Lipinski definition) is 2. The first-order chi connectivity index (χ1) is 16.1. The number of fused-ring (bicyclic) bond motifs is 1. The van der Waals surface area contributed by atoms with E-state index in [1.54, 1.807) is 20.3 Å². The van der Waals surface area contributed by atoms with Gasteiger partial charge < -0.3 is 9.47 Å². The third-order valence-electron chi connectivity index (χ3n) is 7.78. The molecular weight excluding hydrogens is 415 g/mol. The minimum absolute atomic E-state index is 0.270. The predicted octanol–water partition coefficient (Wildman–Crippen LogP) is -5.86. The van der Waals surface area contributed by atoms with Gasteiger partial charge in [0.05, 0.1) is 19.8 Å². The molecule has 0 heterocycles. The van der Waals surface area contributed by atoms with Crippen LogP contribution in [-0.4, -0.2) is 69.1 Å². The van der Waals surface area contributed by atoms with Crippen molar-refractivity contribution in [3.05, 3.63) is 42.2 Å². The fraction of sp³-hybridized carbons (Fsp3) is 0.0833. The molecule has 0 spiro atoms. The largest absolute Gasteiger partial charge is 0.496 e. The molecule has 0 fully saturated rings. The lowest BCUT2D eigenvalue weighted by Crippen LogP contribution is -2.52. The van der Waals surface area contributed by atoms with Gasteiger partial charge in [-0.15, -0.1) is 16.4 Å². The van der Waals surface area contributed by atoms with Gasteiger partial charge in [0, 0.05) is 11.1 Å². The van der Waals surface area contributed by atoms with Crippen LogP contribution in [0.15, 0.2) is 36.4 Å². The van der Waals surface area contributed by atoms with Crippen molar-refractivity contribution in [2.75, 3.05) is 14.2 Å². The van der Waals surface area contributed by atoms with Gasteiger partial charge in [-0.3, -0.25) is 0 Å². The fourth-order valence-electron chi connectivity index (χ4n) is 5.31. The normalized spacial score (nSPS) is 11.0. The molecule has 0 amide bonds. The molecule has 4 aromatic rings. The van der Waals surface area contributed by atoms with Crippen LogP contribution in [0.1, 0.15) is 0 Å². The van der Waals surface area contributed by atoms with Crippen LogP contribution in [0, 0.1) is 5.82 Å². The van der Waals surface area contributed by atoms with E-state index in [-0.39, 0.29) is 5.82 Å². The molecule has 2 nitrogen and oxygen atoms in total. The number of halogens is 1. The molecule has 0 atom stereocenters. The van der Waals surface area contributed by atoms with E-state index in [9.17, 15) is 0 Å². The standard InChI is InChI=1S/C24H26B7FO2/c1-33-11-7-4-8-12(34-2)13(11)9-5-3-6-10(24(9)32)14-15-16(19(27)21(29)17(14)25)20(28)23(31)22(30)18(15)26/h3-8H,25-31H2,1-2H3. The van der Waals surface area contributed by atoms with Gasteiger partial charge >= 0.3 is 0 Å². The Morgan fingerprint density at radius 1 is 0.529 bits per heavy atom. The zero-order chi connectivity index (χ0) is 24.9. The maximum Gasteiger partial charge on any atom is 0.139 e. The van der Waals surface area contributed by atoms with E-state index >= 15 is 4.39 Å². The Balaban J connectivity index is 2.18. The van der Waals surface area contributed by atoms with Crippen molar-refractivity contribution < 1.29 is 13.9 Å². The summed E-state index contributed by atoms with van der Waals surface area (Å²) in [5.41, 5.74) is 11.3. The zero-order valence-electron chi connectivity index (χ0n) is 21.7. The second-order valence-corrected chi connectivity index (χ2v) is 9.20. The maximum absolute atomic E-state index is 16.5. The van der Waals surface area contributed by atoms with Crippen LogP contribution in [0.2, 0.25) is 0 Å². The van der Waals surface area contributed by atoms with Crippen molar-refractivity contribution in [2.45, 2.75) is 0 Å². The van der Waals surface area contributed by atoms with E-state index in [0.717, 1.165) is 16.4 Å². The first-order valence-electron chi connectivity index (χ1n) is 11.7. The van der Waals surface area contributed by atoms with Gasteiger partial charge in [0.25, 0.3) is 0 Å². The smallest absolute Gasteiger partial charge is 0.139 e. The summed E-state index contributed by atoms with van der Waals surface area (Å²) < 4.78 is 27.7. The average Bonchev–Trinajstić information content (AvgIpc) is 2.84. The molecule has 4 rings (SSSR count). The highest BCUT2D eigenvalue weighted by Gasteiger charge is 2.23. The minimum Gasteiger partial charge on any atom is -0.496 e. The highest BCUT2D eigenvalue weighted by Crippen LogP contribution is 2.41. The van der Waals surface area contributed by atoms with Gasteiger partial charge in [-0.1, -0.05) is 46.1 Å². The molecule has 0 aliphatic carbocycles. The first kappa shape index (κ1) is 24.3. The van der Waals surface area contributed by atoms with Crippen molar-refractivity contribution in [3.63, 3.8) is 0 Å². The topological polar surface area (TPSA) is 18.5 Å². The van der Waals surface area contributed by atoms with E-state index in [1.165, 1.54) is 38.2 Å². The van der Waals surface area contributed by atoms with Gasteiger partial charge in [0.2, 0.25) is 0 Å². The van der Waals surface area contributed by atoms with E-state index in [0.29, 0.717) is 28.2 Å². The van der Waals surface area contributed by atoms with E-state index < -0.39 is 0 Å². The van der Waals surface area contributed by atoms with Crippen LogP contribution in [-0.2, 0) is 0 Å². The van der Waals surface area contributed by atoms with Crippen LogP contribution in [0.4, 0.5) is 4.39 Å². The molecule has 10 heteroatoms. The molecule has 0 aliphatic heterocycles. The molecule has 0 radical (unpaired) electrons. The third-order valence-corrected chi connectivity index (χ3v) is 7.78. The van der Waals surface area contributed by atoms with Gasteiger partial charge in [-0.25, -0.2) is 4.39 Å². The third kappa shape index (κ3) is 3.50. The second kappa shape index (κ2) is 9.05. The Labute approximate surface area is 207 Å². The van der Waals surface area contributed by atoms with Crippen LogP contribution in [0.25, 0.3) is 33.0 Å². The summed E-state index contributed by atoms with van der Waals surface area (Å²) in [6.45, 7) is 0. The summed E-state index contributed by atoms with van der Waals surface area (Å²) in [5, 5.41) is 2.38. The maximum atomic E-state index is 16.5. The van der Waals surface area contributed by atoms with Crippen molar-refractivity contribution >= 4 is 104 Å². The predicted molar refractivity (Wildman–Crippen MR) is 165 cm³/mol. The molecule has 0 saturated carbocycles. The Hall–Kier alpha value is -2.88. The highest BCUT2D eigenvalue weighted by molar-refractivity contribution is 6.71. The minimum atomic E-state index is -0.270. The Kier molecular flexibility index (Phi) is 6.46. The molecule has 0 aliphatic rings. The lowest BCUT2D eigenvalue weighted by Gasteiger charge is -2.25. The summed E-state index contributed by atoms with van der Waals surface area (Å²) in [7, 11) is 18.3. The van der Waals surface area contributed by atoms with Crippen LogP contribution in [0.3, 0.4) is 0 Å². The van der Waals surface area contributed by atoms with Gasteiger partial charge in [-0.2, -0.15) is 0 Å². The quantitative estimate of drug-likeness (QED) is 0.294. The number of methoxy groups -OCH3 is 2. The molecule has 0 aromatic heterocycles. The van der Waals surface area contributed by atoms with Gasteiger partial charge in [-0.05, 0) is 28.5 Å². The van der Waals surface area contributed by atoms with Crippen molar-refractivity contribution in [1.82, 2.24) is 0 Å². The molecule has 4 aromatic carbocycles. The Morgan fingerprint density at radius 2 is 0.941 bits per heavy atom. The monoisotopic (exact) mass is 442 g/mol. The summed E-state index contributed by atoms with van der Waals surface area (Å²) in [6, 6.07) is 11.1. The summed E-state index contributed by atoms with van der Waals surface area (Å²) >= 11 is 0. The van der Waals surface area contributed by atoms with Crippen molar-refractivity contribution in [2.24, 2.45) is 0 Å². The number of rotatable bonds is 4. The van der Waals surface area contributed by atoms with Gasteiger partial charge in [0.15, 0.2) is 0 Å². The Bertz CT molecular complexity index is 1440. The zero-order valence-corrected chi connectivity index (χ0v) is 21.7. The lowest BCUT2D eigenvalue weighted by molar-refractivity contribution is 0.397. The fourth-order valence-corrected chi connectivity index (χ4v) is 5.31. The van der Waals surface area contributed by atoms with E-state index in [4.69, 9.17) is 9.47 Å². The molecule has 0 saturated heterocycles. The van der Waals surface area contributed by atoms with Crippen LogP contribution >= 0.6 is 0 Å². The highest BCUT2D eigenvalue weighted by atomic mass is 19.1. The number of benzene rings is 4. The molecule has 0 bridgehead atoms. The van der Waals surface area contributed by atoms with E-state index in [1.807, 2.05) is 30.3 Å². The number of ether oxygens (including phenoxy) is 2.